The van der Waals surface area contributed by atoms with Gasteiger partial charge >= 0.3 is 5.97 Å². The lowest BCUT2D eigenvalue weighted by molar-refractivity contribution is 0.0599. The van der Waals surface area contributed by atoms with Crippen molar-refractivity contribution in [1.82, 2.24) is 0 Å². The van der Waals surface area contributed by atoms with Crippen molar-refractivity contribution in [3.63, 3.8) is 0 Å². The van der Waals surface area contributed by atoms with E-state index in [0.717, 1.165) is 11.3 Å². The Kier molecular flexibility index (Phi) is 5.07. The van der Waals surface area contributed by atoms with E-state index in [0.29, 0.717) is 12.1 Å². The summed E-state index contributed by atoms with van der Waals surface area (Å²) in [5.41, 5.74) is 2.56. The highest BCUT2D eigenvalue weighted by atomic mass is 32.2. The van der Waals surface area contributed by atoms with Gasteiger partial charge in [0.2, 0.25) is 0 Å². The van der Waals surface area contributed by atoms with Crippen LogP contribution in [0, 0.1) is 0 Å². The number of methoxy groups -OCH3 is 1. The lowest BCUT2D eigenvalue weighted by atomic mass is 10.1. The Morgan fingerprint density at radius 2 is 2.00 bits per heavy atom. The van der Waals surface area contributed by atoms with Crippen molar-refractivity contribution >= 4 is 23.4 Å². The second-order valence-electron chi connectivity index (χ2n) is 4.23. The average molecular weight is 287 g/mol. The zero-order valence-corrected chi connectivity index (χ0v) is 12.4. The third-order valence-corrected chi connectivity index (χ3v) is 3.70. The molecule has 104 valence electrons. The Bertz CT molecular complexity index is 599. The summed E-state index contributed by atoms with van der Waals surface area (Å²) in [6, 6.07) is 15.6. The topological polar surface area (TPSA) is 38.3 Å². The molecule has 0 saturated heterocycles. The van der Waals surface area contributed by atoms with Gasteiger partial charge in [-0.05, 0) is 36.1 Å². The quantitative estimate of drug-likeness (QED) is 0.670. The number of benzene rings is 2. The fraction of sp³-hybridized carbons (Fsp3) is 0.188. The van der Waals surface area contributed by atoms with E-state index in [1.807, 2.05) is 36.6 Å². The maximum atomic E-state index is 11.7. The largest absolute Gasteiger partial charge is 0.465 e. The van der Waals surface area contributed by atoms with Crippen LogP contribution in [0.4, 0.5) is 5.69 Å². The van der Waals surface area contributed by atoms with Crippen LogP contribution in [-0.4, -0.2) is 19.3 Å². The first-order chi connectivity index (χ1) is 9.74. The number of thioether (sulfide) groups is 1. The van der Waals surface area contributed by atoms with Gasteiger partial charge in [-0.15, -0.1) is 11.8 Å². The molecule has 0 bridgehead atoms. The van der Waals surface area contributed by atoms with Crippen molar-refractivity contribution in [3.05, 3.63) is 59.7 Å². The first-order valence-corrected chi connectivity index (χ1v) is 7.51. The monoisotopic (exact) mass is 287 g/mol. The number of hydrogen-bond acceptors (Lipinski definition) is 4. The van der Waals surface area contributed by atoms with Crippen molar-refractivity contribution in [1.29, 1.82) is 0 Å². The molecule has 2 aromatic carbocycles. The molecule has 0 aliphatic heterocycles. The molecule has 1 N–H and O–H groups in total. The first-order valence-electron chi connectivity index (χ1n) is 6.28. The van der Waals surface area contributed by atoms with E-state index in [4.69, 9.17) is 4.74 Å². The third kappa shape index (κ3) is 3.54. The lowest BCUT2D eigenvalue weighted by Gasteiger charge is -2.10. The van der Waals surface area contributed by atoms with Gasteiger partial charge in [-0.3, -0.25) is 0 Å². The molecule has 0 aliphatic carbocycles. The molecule has 20 heavy (non-hydrogen) atoms. The van der Waals surface area contributed by atoms with Crippen LogP contribution in [0.1, 0.15) is 15.9 Å². The Balaban J connectivity index is 2.12. The molecular formula is C16H17NO2S. The molecule has 0 radical (unpaired) electrons. The summed E-state index contributed by atoms with van der Waals surface area (Å²) in [4.78, 5) is 12.9. The van der Waals surface area contributed by atoms with Crippen LogP contribution in [0.5, 0.6) is 0 Å². The average Bonchev–Trinajstić information content (AvgIpc) is 2.52. The maximum absolute atomic E-state index is 11.7. The highest BCUT2D eigenvalue weighted by Gasteiger charge is 2.10. The molecule has 0 saturated carbocycles. The number of hydrogen-bond donors (Lipinski definition) is 1. The number of anilines is 1. The minimum absolute atomic E-state index is 0.305. The van der Waals surface area contributed by atoms with E-state index in [1.165, 1.54) is 12.0 Å². The minimum Gasteiger partial charge on any atom is -0.465 e. The lowest BCUT2D eigenvalue weighted by Crippen LogP contribution is -2.09. The zero-order chi connectivity index (χ0) is 14.4. The summed E-state index contributed by atoms with van der Waals surface area (Å²) < 4.78 is 4.80. The summed E-state index contributed by atoms with van der Waals surface area (Å²) in [7, 11) is 1.40. The van der Waals surface area contributed by atoms with Crippen molar-refractivity contribution in [2.75, 3.05) is 18.7 Å². The smallest absolute Gasteiger partial charge is 0.338 e. The van der Waals surface area contributed by atoms with Crippen molar-refractivity contribution in [2.24, 2.45) is 0 Å². The van der Waals surface area contributed by atoms with Crippen LogP contribution in [0.15, 0.2) is 53.4 Å². The highest BCUT2D eigenvalue weighted by Crippen LogP contribution is 2.20. The number of carbonyl (C=O) groups excluding carboxylic acids is 1. The predicted molar refractivity (Wildman–Crippen MR) is 83.3 cm³/mol. The SMILES string of the molecule is COC(=O)c1ccccc1CNc1cccc(SC)c1. The number of nitrogens with one attached hydrogen (secondary N) is 1. The number of carbonyl (C=O) groups is 1. The van der Waals surface area contributed by atoms with Gasteiger partial charge in [0.05, 0.1) is 12.7 Å². The molecule has 0 aliphatic rings. The second kappa shape index (κ2) is 7.01. The number of rotatable bonds is 5. The summed E-state index contributed by atoms with van der Waals surface area (Å²) in [5, 5.41) is 3.33. The van der Waals surface area contributed by atoms with E-state index >= 15 is 0 Å². The maximum Gasteiger partial charge on any atom is 0.338 e. The van der Waals surface area contributed by atoms with Gasteiger partial charge in [0.25, 0.3) is 0 Å². The van der Waals surface area contributed by atoms with Crippen LogP contribution >= 0.6 is 11.8 Å². The van der Waals surface area contributed by atoms with E-state index < -0.39 is 0 Å². The van der Waals surface area contributed by atoms with Gasteiger partial charge in [-0.1, -0.05) is 24.3 Å². The summed E-state index contributed by atoms with van der Waals surface area (Å²) >= 11 is 1.70. The summed E-state index contributed by atoms with van der Waals surface area (Å²) in [6.07, 6.45) is 2.05. The van der Waals surface area contributed by atoms with E-state index in [2.05, 4.69) is 17.4 Å². The van der Waals surface area contributed by atoms with Gasteiger partial charge in [0.15, 0.2) is 0 Å². The van der Waals surface area contributed by atoms with Crippen LogP contribution in [0.2, 0.25) is 0 Å². The Morgan fingerprint density at radius 1 is 1.20 bits per heavy atom. The Hall–Kier alpha value is -1.94. The van der Waals surface area contributed by atoms with Gasteiger partial charge in [-0.25, -0.2) is 4.79 Å². The van der Waals surface area contributed by atoms with E-state index in [-0.39, 0.29) is 5.97 Å². The molecule has 0 aromatic heterocycles. The summed E-state index contributed by atoms with van der Waals surface area (Å²) in [6.45, 7) is 0.586. The fourth-order valence-corrected chi connectivity index (χ4v) is 2.37. The summed E-state index contributed by atoms with van der Waals surface area (Å²) in [5.74, 6) is -0.305. The molecule has 0 unspecified atom stereocenters. The zero-order valence-electron chi connectivity index (χ0n) is 11.6. The Morgan fingerprint density at radius 3 is 2.75 bits per heavy atom. The van der Waals surface area contributed by atoms with Crippen LogP contribution in [0.3, 0.4) is 0 Å². The number of esters is 1. The van der Waals surface area contributed by atoms with E-state index in [1.54, 1.807) is 17.8 Å². The molecular weight excluding hydrogens is 270 g/mol. The predicted octanol–water partition coefficient (Wildman–Crippen LogP) is 3.81. The molecule has 0 spiro atoms. The van der Waals surface area contributed by atoms with Gasteiger partial charge in [0.1, 0.15) is 0 Å². The van der Waals surface area contributed by atoms with Crippen LogP contribution in [-0.2, 0) is 11.3 Å². The molecule has 4 heteroatoms. The van der Waals surface area contributed by atoms with Crippen LogP contribution < -0.4 is 5.32 Å². The molecule has 2 rings (SSSR count). The van der Waals surface area contributed by atoms with Crippen molar-refractivity contribution in [3.8, 4) is 0 Å². The third-order valence-electron chi connectivity index (χ3n) is 2.98. The first kappa shape index (κ1) is 14.5. The minimum atomic E-state index is -0.305. The highest BCUT2D eigenvalue weighted by molar-refractivity contribution is 7.98. The van der Waals surface area contributed by atoms with Crippen molar-refractivity contribution < 1.29 is 9.53 Å². The second-order valence-corrected chi connectivity index (χ2v) is 5.11. The van der Waals surface area contributed by atoms with Crippen LogP contribution in [0.25, 0.3) is 0 Å². The van der Waals surface area contributed by atoms with Crippen molar-refractivity contribution in [2.45, 2.75) is 11.4 Å². The molecule has 0 heterocycles. The fourth-order valence-electron chi connectivity index (χ4n) is 1.91. The number of ether oxygens (including phenoxy) is 1. The normalized spacial score (nSPS) is 10.1. The Labute approximate surface area is 123 Å². The standard InChI is InChI=1S/C16H17NO2S/c1-19-16(18)15-9-4-3-6-12(15)11-17-13-7-5-8-14(10-13)20-2/h3-10,17H,11H2,1-2H3. The molecule has 2 aromatic rings. The van der Waals surface area contributed by atoms with Gasteiger partial charge in [-0.2, -0.15) is 0 Å². The van der Waals surface area contributed by atoms with E-state index in [9.17, 15) is 4.79 Å². The molecule has 0 fully saturated rings. The molecule has 3 nitrogen and oxygen atoms in total. The van der Waals surface area contributed by atoms with Gasteiger partial charge in [0, 0.05) is 17.1 Å². The molecule has 0 amide bonds. The molecule has 0 atom stereocenters. The van der Waals surface area contributed by atoms with Gasteiger partial charge < -0.3 is 10.1 Å².